The van der Waals surface area contributed by atoms with Gasteiger partial charge < -0.3 is 20.5 Å². The topological polar surface area (TPSA) is 87.7 Å². The average molecular weight is 315 g/mol. The molecule has 0 saturated carbocycles. The number of amides is 2. The minimum absolute atomic E-state index is 0.0465. The highest BCUT2D eigenvalue weighted by Crippen LogP contribution is 2.24. The van der Waals surface area contributed by atoms with E-state index in [2.05, 4.69) is 10.6 Å². The second kappa shape index (κ2) is 9.07. The van der Waals surface area contributed by atoms with E-state index in [1.807, 2.05) is 12.1 Å². The highest BCUT2D eigenvalue weighted by molar-refractivity contribution is 6.32. The Labute approximate surface area is 128 Å². The van der Waals surface area contributed by atoms with Crippen molar-refractivity contribution in [3.8, 4) is 5.75 Å². The number of halogens is 1. The number of carboxylic acids is 1. The van der Waals surface area contributed by atoms with Crippen molar-refractivity contribution < 1.29 is 19.4 Å². The smallest absolute Gasteiger partial charge is 0.314 e. The average Bonchev–Trinajstić information content (AvgIpc) is 2.45. The van der Waals surface area contributed by atoms with Gasteiger partial charge in [-0.3, -0.25) is 4.79 Å². The van der Waals surface area contributed by atoms with Gasteiger partial charge in [0.2, 0.25) is 0 Å². The fourth-order valence-electron chi connectivity index (χ4n) is 1.68. The van der Waals surface area contributed by atoms with Crippen molar-refractivity contribution in [3.63, 3.8) is 0 Å². The molecule has 3 N–H and O–H groups in total. The molecule has 6 nitrogen and oxygen atoms in total. The Balaban J connectivity index is 2.23. The number of carboxylic acid groups (broad SMARTS) is 1. The normalized spacial score (nSPS) is 10.0. The van der Waals surface area contributed by atoms with Gasteiger partial charge in [-0.25, -0.2) is 4.79 Å². The van der Waals surface area contributed by atoms with Crippen molar-refractivity contribution in [2.75, 3.05) is 20.2 Å². The number of ether oxygens (including phenoxy) is 1. The Bertz CT molecular complexity index is 494. The third-order valence-corrected chi connectivity index (χ3v) is 3.08. The van der Waals surface area contributed by atoms with Gasteiger partial charge >= 0.3 is 12.0 Å². The molecule has 116 valence electrons. The maximum atomic E-state index is 11.4. The van der Waals surface area contributed by atoms with Crippen LogP contribution in [0.15, 0.2) is 18.2 Å². The van der Waals surface area contributed by atoms with E-state index in [4.69, 9.17) is 21.4 Å². The molecular formula is C14H19ClN2O4. The van der Waals surface area contributed by atoms with Crippen LogP contribution in [0.2, 0.25) is 5.02 Å². The Morgan fingerprint density at radius 1 is 1.29 bits per heavy atom. The zero-order valence-corrected chi connectivity index (χ0v) is 12.6. The van der Waals surface area contributed by atoms with Crippen LogP contribution in [0.1, 0.15) is 18.4 Å². The van der Waals surface area contributed by atoms with E-state index in [-0.39, 0.29) is 12.5 Å². The number of benzene rings is 1. The van der Waals surface area contributed by atoms with Gasteiger partial charge in [0.25, 0.3) is 0 Å². The summed E-state index contributed by atoms with van der Waals surface area (Å²) in [5, 5.41) is 14.3. The minimum Gasteiger partial charge on any atom is -0.495 e. The third kappa shape index (κ3) is 6.85. The summed E-state index contributed by atoms with van der Waals surface area (Å²) in [6.45, 7) is 0.808. The van der Waals surface area contributed by atoms with Crippen LogP contribution < -0.4 is 15.4 Å². The van der Waals surface area contributed by atoms with Crippen LogP contribution in [0.4, 0.5) is 4.79 Å². The Morgan fingerprint density at radius 3 is 2.67 bits per heavy atom. The van der Waals surface area contributed by atoms with Crippen molar-refractivity contribution in [2.45, 2.75) is 19.3 Å². The number of rotatable bonds is 8. The molecular weight excluding hydrogens is 296 g/mol. The number of aliphatic carboxylic acids is 1. The molecule has 2 amide bonds. The van der Waals surface area contributed by atoms with Crippen LogP contribution in [0.5, 0.6) is 5.75 Å². The molecule has 0 unspecified atom stereocenters. The first-order valence-corrected chi connectivity index (χ1v) is 6.96. The van der Waals surface area contributed by atoms with E-state index in [1.54, 1.807) is 13.2 Å². The summed E-state index contributed by atoms with van der Waals surface area (Å²) in [7, 11) is 1.55. The molecule has 0 radical (unpaired) electrons. The summed E-state index contributed by atoms with van der Waals surface area (Å²) in [5.41, 5.74) is 1.00. The lowest BCUT2D eigenvalue weighted by atomic mass is 10.1. The molecule has 0 bridgehead atoms. The molecule has 21 heavy (non-hydrogen) atoms. The molecule has 0 aliphatic carbocycles. The molecule has 0 aliphatic heterocycles. The van der Waals surface area contributed by atoms with Crippen LogP contribution in [-0.4, -0.2) is 37.3 Å². The molecule has 0 atom stereocenters. The first kappa shape index (κ1) is 17.1. The number of urea groups is 1. The lowest BCUT2D eigenvalue weighted by Crippen LogP contribution is -2.37. The van der Waals surface area contributed by atoms with E-state index >= 15 is 0 Å². The van der Waals surface area contributed by atoms with Gasteiger partial charge in [0.1, 0.15) is 5.75 Å². The molecule has 0 aliphatic rings. The molecule has 0 heterocycles. The lowest BCUT2D eigenvalue weighted by Gasteiger charge is -2.09. The summed E-state index contributed by atoms with van der Waals surface area (Å²) < 4.78 is 5.12. The molecule has 1 rings (SSSR count). The van der Waals surface area contributed by atoms with E-state index in [0.29, 0.717) is 36.7 Å². The van der Waals surface area contributed by atoms with Crippen molar-refractivity contribution in [3.05, 3.63) is 28.8 Å². The molecule has 1 aromatic carbocycles. The number of methoxy groups -OCH3 is 1. The van der Waals surface area contributed by atoms with E-state index < -0.39 is 5.97 Å². The van der Waals surface area contributed by atoms with Gasteiger partial charge in [-0.15, -0.1) is 0 Å². The fourth-order valence-corrected chi connectivity index (χ4v) is 1.88. The second-order valence-corrected chi connectivity index (χ2v) is 4.81. The first-order valence-electron chi connectivity index (χ1n) is 6.59. The van der Waals surface area contributed by atoms with E-state index in [9.17, 15) is 9.59 Å². The van der Waals surface area contributed by atoms with Gasteiger partial charge in [-0.05, 0) is 30.5 Å². The molecule has 0 spiro atoms. The van der Waals surface area contributed by atoms with Crippen molar-refractivity contribution in [2.24, 2.45) is 0 Å². The molecule has 0 aromatic heterocycles. The maximum Gasteiger partial charge on any atom is 0.314 e. The van der Waals surface area contributed by atoms with Crippen LogP contribution in [-0.2, 0) is 11.2 Å². The van der Waals surface area contributed by atoms with Crippen molar-refractivity contribution in [1.82, 2.24) is 10.6 Å². The fraction of sp³-hybridized carbons (Fsp3) is 0.429. The van der Waals surface area contributed by atoms with Gasteiger partial charge in [-0.1, -0.05) is 17.7 Å². The first-order chi connectivity index (χ1) is 10.0. The predicted molar refractivity (Wildman–Crippen MR) is 80.0 cm³/mol. The van der Waals surface area contributed by atoms with Crippen LogP contribution in [0, 0.1) is 0 Å². The lowest BCUT2D eigenvalue weighted by molar-refractivity contribution is -0.137. The van der Waals surface area contributed by atoms with E-state index in [0.717, 1.165) is 5.56 Å². The van der Waals surface area contributed by atoms with Gasteiger partial charge in [0.15, 0.2) is 0 Å². The summed E-state index contributed by atoms with van der Waals surface area (Å²) in [6, 6.07) is 5.15. The third-order valence-electron chi connectivity index (χ3n) is 2.77. The van der Waals surface area contributed by atoms with Crippen LogP contribution in [0.3, 0.4) is 0 Å². The summed E-state index contributed by atoms with van der Waals surface area (Å²) in [6.07, 6.45) is 1.11. The monoisotopic (exact) mass is 314 g/mol. The standard InChI is InChI=1S/C14H19ClN2O4/c1-21-12-9-10(4-5-11(12)15)6-8-17-14(20)16-7-2-3-13(18)19/h4-5,9H,2-3,6-8H2,1H3,(H,18,19)(H2,16,17,20). The summed E-state index contributed by atoms with van der Waals surface area (Å²) in [4.78, 5) is 21.7. The molecule has 7 heteroatoms. The number of hydrogen-bond donors (Lipinski definition) is 3. The van der Waals surface area contributed by atoms with Crippen molar-refractivity contribution >= 4 is 23.6 Å². The Kier molecular flexibility index (Phi) is 7.39. The summed E-state index contributed by atoms with van der Waals surface area (Å²) >= 11 is 5.93. The maximum absolute atomic E-state index is 11.4. The zero-order chi connectivity index (χ0) is 15.7. The number of carbonyl (C=O) groups is 2. The molecule has 0 fully saturated rings. The largest absolute Gasteiger partial charge is 0.495 e. The molecule has 0 saturated heterocycles. The van der Waals surface area contributed by atoms with Crippen molar-refractivity contribution in [1.29, 1.82) is 0 Å². The number of hydrogen-bond acceptors (Lipinski definition) is 3. The molecule has 1 aromatic rings. The number of nitrogens with one attached hydrogen (secondary N) is 2. The second-order valence-electron chi connectivity index (χ2n) is 4.40. The highest BCUT2D eigenvalue weighted by atomic mass is 35.5. The van der Waals surface area contributed by atoms with Gasteiger partial charge in [0, 0.05) is 19.5 Å². The minimum atomic E-state index is -0.867. The van der Waals surface area contributed by atoms with Gasteiger partial charge in [0.05, 0.1) is 12.1 Å². The van der Waals surface area contributed by atoms with Gasteiger partial charge in [-0.2, -0.15) is 0 Å². The summed E-state index contributed by atoms with van der Waals surface area (Å²) in [5.74, 6) is -0.263. The zero-order valence-electron chi connectivity index (χ0n) is 11.8. The van der Waals surface area contributed by atoms with E-state index in [1.165, 1.54) is 0 Å². The highest BCUT2D eigenvalue weighted by Gasteiger charge is 2.04. The Morgan fingerprint density at radius 2 is 2.00 bits per heavy atom. The Hall–Kier alpha value is -1.95. The SMILES string of the molecule is COc1cc(CCNC(=O)NCCCC(=O)O)ccc1Cl. The van der Waals surface area contributed by atoms with Crippen LogP contribution in [0.25, 0.3) is 0 Å². The quantitative estimate of drug-likeness (QED) is 0.641. The van der Waals surface area contributed by atoms with Crippen LogP contribution >= 0.6 is 11.6 Å². The number of carbonyl (C=O) groups excluding carboxylic acids is 1. The predicted octanol–water partition coefficient (Wildman–Crippen LogP) is 2.06.